The lowest BCUT2D eigenvalue weighted by Crippen LogP contribution is -2.43. The van der Waals surface area contributed by atoms with Crippen LogP contribution in [0.3, 0.4) is 0 Å². The van der Waals surface area contributed by atoms with Gasteiger partial charge in [0, 0.05) is 26.2 Å². The van der Waals surface area contributed by atoms with Gasteiger partial charge in [-0.25, -0.2) is 4.79 Å². The molecule has 2 rings (SSSR count). The Morgan fingerprint density at radius 3 is 2.32 bits per heavy atom. The Bertz CT molecular complexity index is 672. The molecule has 1 aliphatic rings. The third-order valence-corrected chi connectivity index (χ3v) is 4.05. The number of carbonyl (C=O) groups is 3. The minimum absolute atomic E-state index is 0.0938. The lowest BCUT2D eigenvalue weighted by Gasteiger charge is -2.26. The normalized spacial score (nSPS) is 14.8. The first-order valence-electron chi connectivity index (χ1n) is 9.45. The summed E-state index contributed by atoms with van der Waals surface area (Å²) in [5.41, 5.74) is -0.551. The van der Waals surface area contributed by atoms with Crippen LogP contribution in [0.25, 0.3) is 0 Å². The third kappa shape index (κ3) is 7.46. The first-order valence-corrected chi connectivity index (χ1v) is 9.45. The summed E-state index contributed by atoms with van der Waals surface area (Å²) in [4.78, 5) is 39.7. The van der Waals surface area contributed by atoms with Crippen LogP contribution in [-0.4, -0.2) is 72.6 Å². The van der Waals surface area contributed by atoms with Gasteiger partial charge in [0.15, 0.2) is 6.61 Å². The SMILES string of the molecule is CC(C)(C)OC(=O)N1CCCN(C(=O)CNC(=O)COc2ccccc2)CC1. The second-order valence-corrected chi connectivity index (χ2v) is 7.58. The van der Waals surface area contributed by atoms with Gasteiger partial charge in [0.05, 0.1) is 6.54 Å². The number of carbonyl (C=O) groups excluding carboxylic acids is 3. The Hall–Kier alpha value is -2.77. The molecule has 1 aromatic rings. The van der Waals surface area contributed by atoms with E-state index in [0.29, 0.717) is 38.3 Å². The molecule has 1 N–H and O–H groups in total. The van der Waals surface area contributed by atoms with E-state index in [2.05, 4.69) is 5.32 Å². The number of nitrogens with zero attached hydrogens (tertiary/aromatic N) is 2. The molecule has 3 amide bonds. The summed E-state index contributed by atoms with van der Waals surface area (Å²) >= 11 is 0. The average Bonchev–Trinajstić information content (AvgIpc) is 2.90. The number of hydrogen-bond donors (Lipinski definition) is 1. The van der Waals surface area contributed by atoms with E-state index in [1.54, 1.807) is 21.9 Å². The number of benzene rings is 1. The summed E-state index contributed by atoms with van der Waals surface area (Å²) < 4.78 is 10.7. The molecular weight excluding hydrogens is 362 g/mol. The highest BCUT2D eigenvalue weighted by Crippen LogP contribution is 2.12. The molecule has 1 aliphatic heterocycles. The van der Waals surface area contributed by atoms with Crippen LogP contribution in [0.4, 0.5) is 4.79 Å². The van der Waals surface area contributed by atoms with Crippen LogP contribution in [0.1, 0.15) is 27.2 Å². The van der Waals surface area contributed by atoms with Crippen molar-refractivity contribution in [2.75, 3.05) is 39.3 Å². The summed E-state index contributed by atoms with van der Waals surface area (Å²) in [5, 5.41) is 2.58. The van der Waals surface area contributed by atoms with Crippen LogP contribution >= 0.6 is 0 Å². The van der Waals surface area contributed by atoms with E-state index in [9.17, 15) is 14.4 Å². The largest absolute Gasteiger partial charge is 0.484 e. The fourth-order valence-corrected chi connectivity index (χ4v) is 2.68. The Morgan fingerprint density at radius 2 is 1.64 bits per heavy atom. The standard InChI is InChI=1S/C20H29N3O5/c1-20(2,3)28-19(26)23-11-7-10-22(12-13-23)18(25)14-21-17(24)15-27-16-8-5-4-6-9-16/h4-6,8-9H,7,10-15H2,1-3H3,(H,21,24). The van der Waals surface area contributed by atoms with Crippen molar-refractivity contribution in [1.29, 1.82) is 0 Å². The van der Waals surface area contributed by atoms with E-state index in [1.165, 1.54) is 0 Å². The Kier molecular flexibility index (Phi) is 7.66. The molecule has 0 radical (unpaired) electrons. The predicted molar refractivity (Wildman–Crippen MR) is 104 cm³/mol. The van der Waals surface area contributed by atoms with Crippen molar-refractivity contribution in [2.24, 2.45) is 0 Å². The lowest BCUT2D eigenvalue weighted by molar-refractivity contribution is -0.133. The Morgan fingerprint density at radius 1 is 1.00 bits per heavy atom. The number of amides is 3. The van der Waals surface area contributed by atoms with Gasteiger partial charge in [-0.15, -0.1) is 0 Å². The van der Waals surface area contributed by atoms with Crippen LogP contribution in [0.15, 0.2) is 30.3 Å². The van der Waals surface area contributed by atoms with Crippen LogP contribution in [0.5, 0.6) is 5.75 Å². The molecule has 1 aromatic carbocycles. The van der Waals surface area contributed by atoms with Gasteiger partial charge in [-0.3, -0.25) is 9.59 Å². The molecule has 0 aromatic heterocycles. The van der Waals surface area contributed by atoms with E-state index in [1.807, 2.05) is 39.0 Å². The van der Waals surface area contributed by atoms with Crippen molar-refractivity contribution in [3.63, 3.8) is 0 Å². The van der Waals surface area contributed by atoms with Gasteiger partial charge in [-0.05, 0) is 39.3 Å². The number of ether oxygens (including phenoxy) is 2. The number of rotatable bonds is 5. The first-order chi connectivity index (χ1) is 13.2. The van der Waals surface area contributed by atoms with Crippen molar-refractivity contribution in [1.82, 2.24) is 15.1 Å². The minimum Gasteiger partial charge on any atom is -0.484 e. The molecule has 1 fully saturated rings. The quantitative estimate of drug-likeness (QED) is 0.825. The molecule has 1 saturated heterocycles. The van der Waals surface area contributed by atoms with Gasteiger partial charge in [0.1, 0.15) is 11.4 Å². The molecule has 0 bridgehead atoms. The van der Waals surface area contributed by atoms with E-state index >= 15 is 0 Å². The maximum absolute atomic E-state index is 12.4. The Balaban J connectivity index is 1.72. The van der Waals surface area contributed by atoms with E-state index in [4.69, 9.17) is 9.47 Å². The second kappa shape index (κ2) is 9.96. The number of hydrogen-bond acceptors (Lipinski definition) is 5. The van der Waals surface area contributed by atoms with E-state index in [-0.39, 0.29) is 31.1 Å². The molecular formula is C20H29N3O5. The van der Waals surface area contributed by atoms with Crippen LogP contribution in [0, 0.1) is 0 Å². The smallest absolute Gasteiger partial charge is 0.410 e. The summed E-state index contributed by atoms with van der Waals surface area (Å²) in [6.45, 7) is 7.12. The van der Waals surface area contributed by atoms with Gasteiger partial charge < -0.3 is 24.6 Å². The zero-order valence-corrected chi connectivity index (χ0v) is 16.8. The summed E-state index contributed by atoms with van der Waals surface area (Å²) in [7, 11) is 0. The van der Waals surface area contributed by atoms with Crippen molar-refractivity contribution >= 4 is 17.9 Å². The predicted octanol–water partition coefficient (Wildman–Crippen LogP) is 1.65. The molecule has 0 saturated carbocycles. The molecule has 154 valence electrons. The summed E-state index contributed by atoms with van der Waals surface area (Å²) in [6, 6.07) is 9.00. The van der Waals surface area contributed by atoms with E-state index < -0.39 is 5.60 Å². The topological polar surface area (TPSA) is 88.2 Å². The van der Waals surface area contributed by atoms with Gasteiger partial charge >= 0.3 is 6.09 Å². The zero-order chi connectivity index (χ0) is 20.6. The van der Waals surface area contributed by atoms with E-state index in [0.717, 1.165) is 0 Å². The van der Waals surface area contributed by atoms with Gasteiger partial charge in [-0.2, -0.15) is 0 Å². The molecule has 1 heterocycles. The second-order valence-electron chi connectivity index (χ2n) is 7.58. The molecule has 28 heavy (non-hydrogen) atoms. The molecule has 0 spiro atoms. The molecule has 0 aliphatic carbocycles. The molecule has 0 unspecified atom stereocenters. The van der Waals surface area contributed by atoms with Gasteiger partial charge in [0.25, 0.3) is 5.91 Å². The highest BCUT2D eigenvalue weighted by atomic mass is 16.6. The van der Waals surface area contributed by atoms with Crippen LogP contribution in [-0.2, 0) is 14.3 Å². The number of nitrogens with one attached hydrogen (secondary N) is 1. The van der Waals surface area contributed by atoms with Crippen molar-refractivity contribution in [2.45, 2.75) is 32.8 Å². The first kappa shape index (κ1) is 21.5. The van der Waals surface area contributed by atoms with Crippen LogP contribution < -0.4 is 10.1 Å². The molecule has 8 nitrogen and oxygen atoms in total. The average molecular weight is 391 g/mol. The maximum atomic E-state index is 12.4. The highest BCUT2D eigenvalue weighted by Gasteiger charge is 2.26. The summed E-state index contributed by atoms with van der Waals surface area (Å²) in [5.74, 6) is 0.0558. The Labute approximate surface area is 165 Å². The zero-order valence-electron chi connectivity index (χ0n) is 16.8. The maximum Gasteiger partial charge on any atom is 0.410 e. The monoisotopic (exact) mass is 391 g/mol. The number of para-hydroxylation sites is 1. The van der Waals surface area contributed by atoms with Gasteiger partial charge in [-0.1, -0.05) is 18.2 Å². The third-order valence-electron chi connectivity index (χ3n) is 4.05. The minimum atomic E-state index is -0.551. The van der Waals surface area contributed by atoms with Crippen LogP contribution in [0.2, 0.25) is 0 Å². The molecule has 8 heteroatoms. The highest BCUT2D eigenvalue weighted by molar-refractivity contribution is 5.85. The van der Waals surface area contributed by atoms with Gasteiger partial charge in [0.2, 0.25) is 5.91 Å². The van der Waals surface area contributed by atoms with Crippen molar-refractivity contribution in [3.05, 3.63) is 30.3 Å². The summed E-state index contributed by atoms with van der Waals surface area (Å²) in [6.07, 6.45) is 0.295. The van der Waals surface area contributed by atoms with Crippen molar-refractivity contribution < 1.29 is 23.9 Å². The van der Waals surface area contributed by atoms with Crippen molar-refractivity contribution in [3.8, 4) is 5.75 Å². The molecule has 0 atom stereocenters. The lowest BCUT2D eigenvalue weighted by atomic mass is 10.2. The fraction of sp³-hybridized carbons (Fsp3) is 0.550. The fourth-order valence-electron chi connectivity index (χ4n) is 2.68.